The van der Waals surface area contributed by atoms with Crippen LogP contribution in [0.5, 0.6) is 0 Å². The maximum atomic E-state index is 14.2. The van der Waals surface area contributed by atoms with E-state index in [1.165, 1.54) is 28.8 Å². The van der Waals surface area contributed by atoms with Crippen molar-refractivity contribution in [2.45, 2.75) is 69.1 Å². The molecule has 1 aromatic carbocycles. The van der Waals surface area contributed by atoms with Crippen LogP contribution >= 0.6 is 0 Å². The largest absolute Gasteiger partial charge is 0.481 e. The van der Waals surface area contributed by atoms with Crippen molar-refractivity contribution in [1.82, 2.24) is 23.9 Å². The molecule has 1 unspecified atom stereocenters. The van der Waals surface area contributed by atoms with Crippen molar-refractivity contribution in [1.29, 1.82) is 5.26 Å². The predicted octanol–water partition coefficient (Wildman–Crippen LogP) is 4.80. The third-order valence-corrected chi connectivity index (χ3v) is 10.7. The highest BCUT2D eigenvalue weighted by molar-refractivity contribution is 7.89. The number of aromatic nitrogens is 4. The van der Waals surface area contributed by atoms with Crippen LogP contribution in [0.15, 0.2) is 47.6 Å². The van der Waals surface area contributed by atoms with Crippen molar-refractivity contribution in [3.8, 4) is 6.07 Å². The minimum absolute atomic E-state index is 0.0144. The Kier molecular flexibility index (Phi) is 7.97. The van der Waals surface area contributed by atoms with Crippen molar-refractivity contribution in [3.05, 3.63) is 81.9 Å². The van der Waals surface area contributed by atoms with Crippen molar-refractivity contribution in [3.63, 3.8) is 0 Å². The number of benzene rings is 1. The summed E-state index contributed by atoms with van der Waals surface area (Å²) in [5, 5.41) is 26.4. The molecular weight excluding hydrogens is 623 g/mol. The number of rotatable bonds is 6. The number of carboxylic acids is 1. The van der Waals surface area contributed by atoms with Gasteiger partial charge in [0.25, 0.3) is 0 Å². The highest BCUT2D eigenvalue weighted by Gasteiger charge is 2.40. The lowest BCUT2D eigenvalue weighted by atomic mass is 9.85. The second kappa shape index (κ2) is 11.7. The molecule has 0 amide bonds. The summed E-state index contributed by atoms with van der Waals surface area (Å²) in [5.74, 6) is -2.73. The zero-order valence-electron chi connectivity index (χ0n) is 25.0. The van der Waals surface area contributed by atoms with E-state index >= 15 is 0 Å². The molecule has 0 bridgehead atoms. The minimum Gasteiger partial charge on any atom is -0.481 e. The number of sulfonamides is 1. The van der Waals surface area contributed by atoms with Crippen molar-refractivity contribution in [2.24, 2.45) is 0 Å². The highest BCUT2D eigenvalue weighted by Crippen LogP contribution is 2.38. The molecule has 11 nitrogen and oxygen atoms in total. The number of aliphatic carboxylic acids is 1. The second-order valence-corrected chi connectivity index (χ2v) is 13.7. The van der Waals surface area contributed by atoms with Crippen LogP contribution in [-0.2, 0) is 27.5 Å². The number of nitriles is 1. The Bertz CT molecular complexity index is 2010. The number of nitrogens with zero attached hydrogens (tertiary/aromatic N) is 7. The maximum Gasteiger partial charge on any atom is 0.452 e. The molecule has 2 atom stereocenters. The fraction of sp³-hybridized carbons (Fsp3) is 0.387. The maximum absolute atomic E-state index is 14.2. The third kappa shape index (κ3) is 5.56. The molecule has 6 rings (SSSR count). The Hall–Kier alpha value is -4.55. The summed E-state index contributed by atoms with van der Waals surface area (Å²) >= 11 is 0. The highest BCUT2D eigenvalue weighted by atomic mass is 32.2. The Morgan fingerprint density at radius 1 is 1.17 bits per heavy atom. The summed E-state index contributed by atoms with van der Waals surface area (Å²) in [4.78, 5) is 18.4. The van der Waals surface area contributed by atoms with Crippen LogP contribution in [0.1, 0.15) is 70.8 Å². The molecule has 2 aliphatic rings. The molecule has 0 aliphatic carbocycles. The lowest BCUT2D eigenvalue weighted by Crippen LogP contribution is -2.45. The molecule has 1 saturated heterocycles. The van der Waals surface area contributed by atoms with Crippen LogP contribution in [0, 0.1) is 25.2 Å². The number of halogens is 3. The number of fused-ring (bicyclic) bond motifs is 4. The zero-order chi connectivity index (χ0) is 33.0. The van der Waals surface area contributed by atoms with Gasteiger partial charge < -0.3 is 10.0 Å². The molecule has 240 valence electrons. The van der Waals surface area contributed by atoms with Gasteiger partial charge >= 0.3 is 12.1 Å². The quantitative estimate of drug-likeness (QED) is 0.310. The summed E-state index contributed by atoms with van der Waals surface area (Å²) in [7, 11) is -4.10. The summed E-state index contributed by atoms with van der Waals surface area (Å²) in [6, 6.07) is 9.97. The van der Waals surface area contributed by atoms with Crippen LogP contribution in [0.3, 0.4) is 0 Å². The first kappa shape index (κ1) is 31.4. The number of alkyl halides is 3. The monoisotopic (exact) mass is 653 g/mol. The lowest BCUT2D eigenvalue weighted by molar-refractivity contribution is -0.145. The van der Waals surface area contributed by atoms with Crippen molar-refractivity contribution >= 4 is 27.5 Å². The van der Waals surface area contributed by atoms with Crippen LogP contribution in [0.2, 0.25) is 0 Å². The van der Waals surface area contributed by atoms with Gasteiger partial charge in [-0.2, -0.15) is 22.7 Å². The average Bonchev–Trinajstić information content (AvgIpc) is 3.44. The van der Waals surface area contributed by atoms with Crippen LogP contribution in [0.25, 0.3) is 5.65 Å². The van der Waals surface area contributed by atoms with Gasteiger partial charge in [0, 0.05) is 44.0 Å². The number of hydrogen-bond donors (Lipinski definition) is 1. The predicted molar refractivity (Wildman–Crippen MR) is 160 cm³/mol. The number of carboxylic acid groups (broad SMARTS) is 1. The number of carbonyl (C=O) groups is 1. The van der Waals surface area contributed by atoms with Gasteiger partial charge in [-0.1, -0.05) is 18.2 Å². The molecule has 0 spiro atoms. The fourth-order valence-electron chi connectivity index (χ4n) is 6.51. The standard InChI is InChI=1S/C31H30F3N7O4S/c1-18-6-7-21(25(13-27(42)43)24-8-10-41-28(19(24)2)37-38-30(41)31(32,33)34)12-22(18)16-39-17-23-5-3-4-9-40(23)29-26(46(39,44)45)11-20(14-35)15-36-29/h6-8,10-12,15,23,25H,3-5,9,13,16-17H2,1-2H3,(H,42,43)/t23?,25-/m0/s1. The normalized spacial score (nSPS) is 18.8. The van der Waals surface area contributed by atoms with E-state index in [1.54, 1.807) is 25.1 Å². The Morgan fingerprint density at radius 3 is 2.67 bits per heavy atom. The van der Waals surface area contributed by atoms with Crippen LogP contribution in [-0.4, -0.2) is 62.5 Å². The zero-order valence-corrected chi connectivity index (χ0v) is 25.8. The van der Waals surface area contributed by atoms with E-state index in [0.717, 1.165) is 29.2 Å². The van der Waals surface area contributed by atoms with E-state index in [2.05, 4.69) is 15.2 Å². The number of hydrogen-bond acceptors (Lipinski definition) is 8. The molecule has 1 N–H and O–H groups in total. The molecule has 1 fully saturated rings. The molecule has 4 aromatic rings. The average molecular weight is 654 g/mol. The van der Waals surface area contributed by atoms with Gasteiger partial charge in [0.1, 0.15) is 16.8 Å². The van der Waals surface area contributed by atoms with E-state index in [-0.39, 0.29) is 41.7 Å². The van der Waals surface area contributed by atoms with E-state index < -0.39 is 33.9 Å². The van der Waals surface area contributed by atoms with E-state index in [0.29, 0.717) is 34.6 Å². The van der Waals surface area contributed by atoms with E-state index in [1.807, 2.05) is 17.9 Å². The van der Waals surface area contributed by atoms with Crippen molar-refractivity contribution in [2.75, 3.05) is 18.0 Å². The molecule has 15 heteroatoms. The molecule has 2 aliphatic heterocycles. The summed E-state index contributed by atoms with van der Waals surface area (Å²) in [6.45, 7) is 4.24. The fourth-order valence-corrected chi connectivity index (χ4v) is 8.15. The summed E-state index contributed by atoms with van der Waals surface area (Å²) in [5.41, 5.74) is 2.90. The number of aryl methyl sites for hydroxylation is 2. The molecule has 0 radical (unpaired) electrons. The lowest BCUT2D eigenvalue weighted by Gasteiger charge is -2.36. The first-order chi connectivity index (χ1) is 21.8. The Labute approximate surface area is 263 Å². The summed E-state index contributed by atoms with van der Waals surface area (Å²) < 4.78 is 71.0. The first-order valence-corrected chi connectivity index (χ1v) is 16.1. The Balaban J connectivity index is 1.41. The van der Waals surface area contributed by atoms with Gasteiger partial charge in [-0.25, -0.2) is 13.4 Å². The van der Waals surface area contributed by atoms with Gasteiger partial charge in [0.2, 0.25) is 15.8 Å². The first-order valence-electron chi connectivity index (χ1n) is 14.7. The summed E-state index contributed by atoms with van der Waals surface area (Å²) in [6.07, 6.45) is 0.0737. The number of piperidine rings is 1. The van der Waals surface area contributed by atoms with Gasteiger partial charge in [-0.15, -0.1) is 10.2 Å². The van der Waals surface area contributed by atoms with Gasteiger partial charge in [-0.3, -0.25) is 9.20 Å². The van der Waals surface area contributed by atoms with E-state index in [4.69, 9.17) is 0 Å². The molecule has 3 aromatic heterocycles. The second-order valence-electron chi connectivity index (χ2n) is 11.7. The van der Waals surface area contributed by atoms with Gasteiger partial charge in [0.05, 0.1) is 12.0 Å². The van der Waals surface area contributed by atoms with Crippen molar-refractivity contribution < 1.29 is 31.5 Å². The third-order valence-electron chi connectivity index (χ3n) is 8.89. The molecule has 5 heterocycles. The van der Waals surface area contributed by atoms with Gasteiger partial charge in [0.15, 0.2) is 5.65 Å². The SMILES string of the molecule is Cc1ccc([C@H](CC(=O)O)c2ccn3c(C(F)(F)F)nnc3c2C)cc1CN1CC2CCCCN2c2ncc(C#N)cc2S1(=O)=O. The molecule has 46 heavy (non-hydrogen) atoms. The minimum atomic E-state index is -4.73. The van der Waals surface area contributed by atoms with Crippen LogP contribution in [0.4, 0.5) is 19.0 Å². The Morgan fingerprint density at radius 2 is 1.96 bits per heavy atom. The van der Waals surface area contributed by atoms with Crippen LogP contribution < -0.4 is 4.90 Å². The number of anilines is 1. The molecule has 0 saturated carbocycles. The van der Waals surface area contributed by atoms with Gasteiger partial charge in [-0.05, 0) is 73.1 Å². The topological polar surface area (TPSA) is 145 Å². The number of pyridine rings is 2. The smallest absolute Gasteiger partial charge is 0.452 e. The molecular formula is C31H30F3N7O4S. The van der Waals surface area contributed by atoms with E-state index in [9.17, 15) is 36.8 Å².